The summed E-state index contributed by atoms with van der Waals surface area (Å²) in [6.07, 6.45) is 2.49. The fraction of sp³-hybridized carbons (Fsp3) is 0.435. The number of aliphatic imine (C=N–C) groups is 1. The summed E-state index contributed by atoms with van der Waals surface area (Å²) in [6, 6.07) is 17.7. The number of benzene rings is 2. The van der Waals surface area contributed by atoms with Crippen LogP contribution in [-0.2, 0) is 16.6 Å². The van der Waals surface area contributed by atoms with E-state index in [4.69, 9.17) is 4.99 Å². The maximum Gasteiger partial charge on any atom is 0.240 e. The number of rotatable bonds is 9. The molecule has 0 bridgehead atoms. The van der Waals surface area contributed by atoms with E-state index in [-0.39, 0.29) is 4.90 Å². The quantitative estimate of drug-likeness (QED) is 0.410. The van der Waals surface area contributed by atoms with Gasteiger partial charge in [0.25, 0.3) is 0 Å². The third-order valence-electron chi connectivity index (χ3n) is 5.49. The highest BCUT2D eigenvalue weighted by atomic mass is 32.2. The SMILES string of the molecule is CCNC(=NCc1ccc(S(=O)(=O)NC)cc1)NCC(c1ccccc1)N1CCCC1. The van der Waals surface area contributed by atoms with Gasteiger partial charge in [-0.2, -0.15) is 0 Å². The van der Waals surface area contributed by atoms with Crippen LogP contribution in [-0.4, -0.2) is 52.5 Å². The van der Waals surface area contributed by atoms with Crippen molar-refractivity contribution in [3.05, 3.63) is 65.7 Å². The topological polar surface area (TPSA) is 85.8 Å². The molecule has 3 N–H and O–H groups in total. The zero-order valence-electron chi connectivity index (χ0n) is 18.3. The van der Waals surface area contributed by atoms with Crippen LogP contribution in [0.1, 0.15) is 36.9 Å². The number of likely N-dealkylation sites (tertiary alicyclic amines) is 1. The number of guanidine groups is 1. The van der Waals surface area contributed by atoms with Gasteiger partial charge in [0.1, 0.15) is 0 Å². The molecule has 3 rings (SSSR count). The molecule has 0 saturated carbocycles. The van der Waals surface area contributed by atoms with Gasteiger partial charge in [-0.25, -0.2) is 18.1 Å². The first-order valence-electron chi connectivity index (χ1n) is 10.9. The predicted octanol–water partition coefficient (Wildman–Crippen LogP) is 2.49. The normalized spacial score (nSPS) is 16.3. The molecule has 0 radical (unpaired) electrons. The molecule has 1 aliphatic heterocycles. The van der Waals surface area contributed by atoms with Crippen LogP contribution in [0.3, 0.4) is 0 Å². The van der Waals surface area contributed by atoms with Gasteiger partial charge in [0.2, 0.25) is 10.0 Å². The second-order valence-electron chi connectivity index (χ2n) is 7.60. The smallest absolute Gasteiger partial charge is 0.240 e. The molecule has 1 fully saturated rings. The van der Waals surface area contributed by atoms with E-state index in [9.17, 15) is 8.42 Å². The summed E-state index contributed by atoms with van der Waals surface area (Å²) >= 11 is 0. The molecule has 1 unspecified atom stereocenters. The first kappa shape index (κ1) is 23.2. The van der Waals surface area contributed by atoms with Gasteiger partial charge in [-0.1, -0.05) is 42.5 Å². The number of nitrogens with zero attached hydrogens (tertiary/aromatic N) is 2. The molecule has 1 aliphatic rings. The van der Waals surface area contributed by atoms with Crippen molar-refractivity contribution in [1.82, 2.24) is 20.3 Å². The Kier molecular flexibility index (Phi) is 8.45. The van der Waals surface area contributed by atoms with Crippen molar-refractivity contribution in [3.63, 3.8) is 0 Å². The summed E-state index contributed by atoms with van der Waals surface area (Å²) in [5.41, 5.74) is 2.26. The molecule has 1 atom stereocenters. The minimum Gasteiger partial charge on any atom is -0.357 e. The van der Waals surface area contributed by atoms with Crippen molar-refractivity contribution in [3.8, 4) is 0 Å². The number of hydrogen-bond acceptors (Lipinski definition) is 4. The molecule has 31 heavy (non-hydrogen) atoms. The van der Waals surface area contributed by atoms with Crippen molar-refractivity contribution in [2.45, 2.75) is 37.2 Å². The van der Waals surface area contributed by atoms with Crippen LogP contribution in [0, 0.1) is 0 Å². The highest BCUT2D eigenvalue weighted by Crippen LogP contribution is 2.24. The third kappa shape index (κ3) is 6.53. The Morgan fingerprint density at radius 1 is 1.03 bits per heavy atom. The zero-order chi connectivity index (χ0) is 22.1. The van der Waals surface area contributed by atoms with E-state index in [1.54, 1.807) is 24.3 Å². The predicted molar refractivity (Wildman–Crippen MR) is 125 cm³/mol. The van der Waals surface area contributed by atoms with E-state index in [1.165, 1.54) is 25.5 Å². The van der Waals surface area contributed by atoms with Gasteiger partial charge < -0.3 is 10.6 Å². The molecule has 8 heteroatoms. The second kappa shape index (κ2) is 11.3. The van der Waals surface area contributed by atoms with Crippen LogP contribution in [0.4, 0.5) is 0 Å². The minimum absolute atomic E-state index is 0.254. The van der Waals surface area contributed by atoms with Crippen molar-refractivity contribution in [2.75, 3.05) is 33.2 Å². The highest BCUT2D eigenvalue weighted by Gasteiger charge is 2.23. The average Bonchev–Trinajstić information content (AvgIpc) is 3.33. The lowest BCUT2D eigenvalue weighted by Crippen LogP contribution is -2.42. The molecule has 2 aromatic rings. The largest absolute Gasteiger partial charge is 0.357 e. The first-order valence-corrected chi connectivity index (χ1v) is 12.4. The Morgan fingerprint density at radius 2 is 1.71 bits per heavy atom. The van der Waals surface area contributed by atoms with Gasteiger partial charge in [-0.15, -0.1) is 0 Å². The Hall–Kier alpha value is -2.42. The Balaban J connectivity index is 1.67. The van der Waals surface area contributed by atoms with E-state index in [0.29, 0.717) is 12.6 Å². The second-order valence-corrected chi connectivity index (χ2v) is 9.48. The van der Waals surface area contributed by atoms with Crippen molar-refractivity contribution in [1.29, 1.82) is 0 Å². The maximum atomic E-state index is 11.9. The molecule has 0 aromatic heterocycles. The molecule has 1 saturated heterocycles. The van der Waals surface area contributed by atoms with Crippen LogP contribution >= 0.6 is 0 Å². The van der Waals surface area contributed by atoms with E-state index < -0.39 is 10.0 Å². The minimum atomic E-state index is -3.42. The van der Waals surface area contributed by atoms with E-state index in [0.717, 1.165) is 37.7 Å². The number of nitrogens with one attached hydrogen (secondary N) is 3. The Bertz CT molecular complexity index is 940. The lowest BCUT2D eigenvalue weighted by Gasteiger charge is -2.29. The lowest BCUT2D eigenvalue weighted by molar-refractivity contribution is 0.245. The fourth-order valence-electron chi connectivity index (χ4n) is 3.78. The van der Waals surface area contributed by atoms with Gasteiger partial charge in [0.15, 0.2) is 5.96 Å². The van der Waals surface area contributed by atoms with E-state index in [2.05, 4.69) is 50.6 Å². The summed E-state index contributed by atoms with van der Waals surface area (Å²) in [6.45, 7) is 6.30. The number of hydrogen-bond donors (Lipinski definition) is 3. The molecule has 7 nitrogen and oxygen atoms in total. The van der Waals surface area contributed by atoms with Crippen LogP contribution in [0.2, 0.25) is 0 Å². The van der Waals surface area contributed by atoms with E-state index >= 15 is 0 Å². The summed E-state index contributed by atoms with van der Waals surface area (Å²) in [5, 5.41) is 6.81. The molecule has 1 heterocycles. The van der Waals surface area contributed by atoms with Gasteiger partial charge in [0, 0.05) is 13.1 Å². The molecule has 168 valence electrons. The molecule has 0 aliphatic carbocycles. The summed E-state index contributed by atoms with van der Waals surface area (Å²) < 4.78 is 26.1. The summed E-state index contributed by atoms with van der Waals surface area (Å²) in [7, 11) is -2.01. The Morgan fingerprint density at radius 3 is 2.32 bits per heavy atom. The standard InChI is InChI=1S/C23H33N5O2S/c1-3-25-23(26-17-19-11-13-21(14-12-19)31(29,30)24-2)27-18-22(28-15-7-8-16-28)20-9-5-4-6-10-20/h4-6,9-14,22,24H,3,7-8,15-18H2,1-2H3,(H2,25,26,27). The number of sulfonamides is 1. The van der Waals surface area contributed by atoms with Gasteiger partial charge >= 0.3 is 0 Å². The monoisotopic (exact) mass is 443 g/mol. The summed E-state index contributed by atoms with van der Waals surface area (Å²) in [4.78, 5) is 7.49. The molecular formula is C23H33N5O2S. The van der Waals surface area contributed by atoms with E-state index in [1.807, 2.05) is 6.92 Å². The first-order chi connectivity index (χ1) is 15.0. The van der Waals surface area contributed by atoms with Crippen LogP contribution in [0.15, 0.2) is 64.5 Å². The van der Waals surface area contributed by atoms with Gasteiger partial charge in [0.05, 0.1) is 17.5 Å². The van der Waals surface area contributed by atoms with Crippen LogP contribution < -0.4 is 15.4 Å². The van der Waals surface area contributed by atoms with Crippen LogP contribution in [0.5, 0.6) is 0 Å². The van der Waals surface area contributed by atoms with Crippen LogP contribution in [0.25, 0.3) is 0 Å². The zero-order valence-corrected chi connectivity index (χ0v) is 19.2. The molecule has 2 aromatic carbocycles. The lowest BCUT2D eigenvalue weighted by atomic mass is 10.1. The summed E-state index contributed by atoms with van der Waals surface area (Å²) in [5.74, 6) is 0.759. The molecule has 0 spiro atoms. The maximum absolute atomic E-state index is 11.9. The third-order valence-corrected chi connectivity index (χ3v) is 6.93. The van der Waals surface area contributed by atoms with Crippen molar-refractivity contribution >= 4 is 16.0 Å². The van der Waals surface area contributed by atoms with Gasteiger partial charge in [-0.3, -0.25) is 4.90 Å². The van der Waals surface area contributed by atoms with Crippen molar-refractivity contribution < 1.29 is 8.42 Å². The molecule has 0 amide bonds. The van der Waals surface area contributed by atoms with Gasteiger partial charge in [-0.05, 0) is 63.2 Å². The highest BCUT2D eigenvalue weighted by molar-refractivity contribution is 7.89. The fourth-order valence-corrected chi connectivity index (χ4v) is 4.51. The molecular weight excluding hydrogens is 410 g/mol. The Labute approximate surface area is 186 Å². The average molecular weight is 444 g/mol. The van der Waals surface area contributed by atoms with Crippen molar-refractivity contribution in [2.24, 2.45) is 4.99 Å².